The highest BCUT2D eigenvalue weighted by Gasteiger charge is 2.37. The maximum Gasteiger partial charge on any atom is 0.416 e. The van der Waals surface area contributed by atoms with Crippen LogP contribution in [0.25, 0.3) is 21.1 Å². The molecule has 0 N–H and O–H groups in total. The van der Waals surface area contributed by atoms with Gasteiger partial charge in [0.15, 0.2) is 0 Å². The smallest absolute Gasteiger partial charge is 0.416 e. The highest BCUT2D eigenvalue weighted by atomic mass is 19.4. The van der Waals surface area contributed by atoms with E-state index in [1.165, 1.54) is 12.1 Å². The van der Waals surface area contributed by atoms with Crippen molar-refractivity contribution in [2.75, 3.05) is 0 Å². The number of hydrogen-bond donors (Lipinski definition) is 0. The van der Waals surface area contributed by atoms with Gasteiger partial charge in [0.05, 0.1) is 42.0 Å². The molecule has 15 heteroatoms. The Kier molecular flexibility index (Phi) is 8.41. The van der Waals surface area contributed by atoms with Gasteiger partial charge in [-0.25, -0.2) is 20.2 Å². The Bertz CT molecular complexity index is 1780. The van der Waals surface area contributed by atoms with Crippen molar-refractivity contribution in [2.45, 2.75) is 18.5 Å². The third kappa shape index (κ3) is 6.90. The molecular weight excluding hydrogens is 583 g/mol. The lowest BCUT2D eigenvalue weighted by molar-refractivity contribution is -0.143. The number of benzene rings is 3. The second-order valence-electron chi connectivity index (χ2n) is 7.96. The fourth-order valence-corrected chi connectivity index (χ4v) is 3.37. The van der Waals surface area contributed by atoms with Crippen LogP contribution >= 0.6 is 0 Å². The van der Waals surface area contributed by atoms with Gasteiger partial charge in [-0.1, -0.05) is 6.07 Å². The van der Waals surface area contributed by atoms with Crippen LogP contribution in [0.2, 0.25) is 0 Å². The van der Waals surface area contributed by atoms with E-state index >= 15 is 0 Å². The molecule has 0 saturated heterocycles. The molecule has 212 valence electrons. The van der Waals surface area contributed by atoms with Crippen LogP contribution in [0.5, 0.6) is 23.0 Å². The van der Waals surface area contributed by atoms with Crippen LogP contribution < -0.4 is 19.9 Å². The minimum Gasteiger partial charge on any atom is -0.458 e. The van der Waals surface area contributed by atoms with E-state index in [1.54, 1.807) is 0 Å². The number of ether oxygens (including phenoxy) is 2. The molecule has 0 heterocycles. The van der Waals surface area contributed by atoms with Crippen molar-refractivity contribution in [3.8, 4) is 35.1 Å². The number of hydrogen-bond acceptors (Lipinski definition) is 4. The molecule has 0 aliphatic rings. The summed E-state index contributed by atoms with van der Waals surface area (Å²) in [5.74, 6) is -2.81. The number of halogens is 9. The summed E-state index contributed by atoms with van der Waals surface area (Å²) in [5.41, 5.74) is -6.26. The zero-order valence-electron chi connectivity index (χ0n) is 20.2. The molecule has 0 atom stereocenters. The van der Waals surface area contributed by atoms with Crippen molar-refractivity contribution < 1.29 is 49.0 Å². The number of rotatable bonds is 4. The number of nitrogens with zero attached hydrogens (tertiary/aromatic N) is 4. The lowest BCUT2D eigenvalue weighted by Gasteiger charge is -2.16. The van der Waals surface area contributed by atoms with Gasteiger partial charge in [0, 0.05) is 10.4 Å². The molecule has 0 spiro atoms. The van der Waals surface area contributed by atoms with E-state index in [0.29, 0.717) is 12.1 Å². The molecule has 0 aromatic heterocycles. The van der Waals surface area contributed by atoms with Crippen molar-refractivity contribution in [1.82, 2.24) is 0 Å². The van der Waals surface area contributed by atoms with E-state index in [1.807, 2.05) is 0 Å². The predicted octanol–water partition coefficient (Wildman–Crippen LogP) is 7.43. The molecule has 0 radical (unpaired) electrons. The van der Waals surface area contributed by atoms with Gasteiger partial charge in [-0.2, -0.15) is 39.5 Å². The summed E-state index contributed by atoms with van der Waals surface area (Å²) in [6.07, 6.45) is -15.3. The van der Waals surface area contributed by atoms with Gasteiger partial charge >= 0.3 is 18.5 Å². The number of nitriles is 2. The first-order chi connectivity index (χ1) is 19.5. The summed E-state index contributed by atoms with van der Waals surface area (Å²) in [6.45, 7) is 14.5. The molecule has 0 amide bonds. The number of alkyl halides is 9. The highest BCUT2D eigenvalue weighted by Crippen LogP contribution is 2.39. The molecular formula is C27H9F9N4O2. The SMILES string of the molecule is [C-]#[N+]/C(C#N)=c1/cc(Oc2cccc(C(F)(F)F)c2)/c(=C(\C#N)[N+]#[C-])cc1Oc1cc(C(F)(F)F)cc(C(F)(F)F)c1. The second-order valence-corrected chi connectivity index (χ2v) is 7.96. The zero-order chi connectivity index (χ0) is 31.5. The van der Waals surface area contributed by atoms with Crippen molar-refractivity contribution in [1.29, 1.82) is 10.5 Å². The summed E-state index contributed by atoms with van der Waals surface area (Å²) in [6, 6.07) is 7.99. The maximum absolute atomic E-state index is 13.3. The first kappa shape index (κ1) is 30.9. The van der Waals surface area contributed by atoms with Crippen molar-refractivity contribution in [3.63, 3.8) is 0 Å². The largest absolute Gasteiger partial charge is 0.458 e. The average Bonchev–Trinajstić information content (AvgIpc) is 2.90. The third-order valence-corrected chi connectivity index (χ3v) is 5.21. The normalized spacial score (nSPS) is 13.1. The second kappa shape index (κ2) is 11.4. The van der Waals surface area contributed by atoms with Crippen LogP contribution in [-0.2, 0) is 18.5 Å². The van der Waals surface area contributed by atoms with Gasteiger partial charge in [-0.15, -0.1) is 0 Å². The van der Waals surface area contributed by atoms with Crippen LogP contribution in [0.3, 0.4) is 0 Å². The molecule has 3 aromatic rings. The van der Waals surface area contributed by atoms with Crippen molar-refractivity contribution >= 4 is 11.4 Å². The molecule has 0 aliphatic carbocycles. The molecule has 6 nitrogen and oxygen atoms in total. The lowest BCUT2D eigenvalue weighted by Crippen LogP contribution is -2.18. The third-order valence-electron chi connectivity index (χ3n) is 5.21. The Morgan fingerprint density at radius 3 is 1.38 bits per heavy atom. The van der Waals surface area contributed by atoms with Crippen LogP contribution in [0.4, 0.5) is 39.5 Å². The summed E-state index contributed by atoms with van der Waals surface area (Å²) < 4.78 is 130. The van der Waals surface area contributed by atoms with Gasteiger partial charge in [0.25, 0.3) is 11.4 Å². The lowest BCUT2D eigenvalue weighted by atomic mass is 10.1. The van der Waals surface area contributed by atoms with Crippen molar-refractivity contribution in [2.24, 2.45) is 0 Å². The first-order valence-electron chi connectivity index (χ1n) is 10.8. The monoisotopic (exact) mass is 592 g/mol. The highest BCUT2D eigenvalue weighted by molar-refractivity contribution is 5.72. The Hall–Kier alpha value is -5.67. The topological polar surface area (TPSA) is 74.8 Å². The molecule has 42 heavy (non-hydrogen) atoms. The summed E-state index contributed by atoms with van der Waals surface area (Å²) in [5, 5.41) is 17.7. The molecule has 0 fully saturated rings. The van der Waals surface area contributed by atoms with E-state index < -0.39 is 80.0 Å². The quantitative estimate of drug-likeness (QED) is 0.233. The van der Waals surface area contributed by atoms with E-state index in [9.17, 15) is 50.0 Å². The summed E-state index contributed by atoms with van der Waals surface area (Å²) in [4.78, 5) is 5.88. The Morgan fingerprint density at radius 2 is 1.00 bits per heavy atom. The predicted molar refractivity (Wildman–Crippen MR) is 125 cm³/mol. The molecule has 0 aliphatic heterocycles. The standard InChI is InChI=1S/C27H9F9N4O2/c1-39-21(12-37)19-11-24(42-18-8-15(26(31,32)33)6-16(9-18)27(34,35)36)20(22(13-38)40-2)10-23(19)41-17-5-3-4-14(7-17)25(28,29)30/h3-11H/b21-19+,22-20-. The summed E-state index contributed by atoms with van der Waals surface area (Å²) >= 11 is 0. The zero-order valence-corrected chi connectivity index (χ0v) is 20.2. The van der Waals surface area contributed by atoms with Crippen LogP contribution in [0, 0.1) is 35.8 Å². The van der Waals surface area contributed by atoms with Gasteiger partial charge in [0.2, 0.25) is 0 Å². The van der Waals surface area contributed by atoms with Crippen LogP contribution in [-0.4, -0.2) is 0 Å². The molecule has 0 unspecified atom stereocenters. The Balaban J connectivity index is 2.37. The van der Waals surface area contributed by atoms with E-state index in [-0.39, 0.29) is 18.2 Å². The van der Waals surface area contributed by atoms with Gasteiger partial charge in [0.1, 0.15) is 23.0 Å². The molecule has 0 bridgehead atoms. The average molecular weight is 592 g/mol. The Labute approximate surface area is 229 Å². The maximum atomic E-state index is 13.3. The Morgan fingerprint density at radius 1 is 0.595 bits per heavy atom. The summed E-state index contributed by atoms with van der Waals surface area (Å²) in [7, 11) is 0. The minimum atomic E-state index is -5.25. The van der Waals surface area contributed by atoms with Gasteiger partial charge in [-0.3, -0.25) is 0 Å². The molecule has 3 aromatic carbocycles. The van der Waals surface area contributed by atoms with E-state index in [4.69, 9.17) is 22.6 Å². The molecule has 3 rings (SSSR count). The van der Waals surface area contributed by atoms with Gasteiger partial charge < -0.3 is 9.47 Å². The van der Waals surface area contributed by atoms with E-state index in [0.717, 1.165) is 24.3 Å². The first-order valence-corrected chi connectivity index (χ1v) is 10.8. The minimum absolute atomic E-state index is 0.169. The molecule has 0 saturated carbocycles. The van der Waals surface area contributed by atoms with Crippen LogP contribution in [0.15, 0.2) is 54.6 Å². The fraction of sp³-hybridized carbons (Fsp3) is 0.111. The van der Waals surface area contributed by atoms with Crippen molar-refractivity contribution in [3.05, 3.63) is 105 Å². The van der Waals surface area contributed by atoms with Gasteiger partial charge in [-0.05, 0) is 48.5 Å². The fourth-order valence-electron chi connectivity index (χ4n) is 3.37. The van der Waals surface area contributed by atoms with E-state index in [2.05, 4.69) is 9.69 Å². The van der Waals surface area contributed by atoms with Crippen LogP contribution in [0.1, 0.15) is 16.7 Å².